The highest BCUT2D eigenvalue weighted by Gasteiger charge is 2.25. The van der Waals surface area contributed by atoms with Crippen molar-refractivity contribution >= 4 is 27.5 Å². The van der Waals surface area contributed by atoms with Gasteiger partial charge in [-0.15, -0.1) is 0 Å². The molecular weight excluding hydrogens is 434 g/mol. The van der Waals surface area contributed by atoms with Crippen LogP contribution in [0.4, 0.5) is 5.69 Å². The molecule has 0 saturated heterocycles. The lowest BCUT2D eigenvalue weighted by Crippen LogP contribution is -2.31. The normalized spacial score (nSPS) is 10.8. The number of non-ortho nitro benzene ring substituents is 1. The average Bonchev–Trinajstić information content (AvgIpc) is 2.70. The zero-order chi connectivity index (χ0) is 23.3. The highest BCUT2D eigenvalue weighted by atomic mass is 32.2. The zero-order valence-electron chi connectivity index (χ0n) is 16.7. The molecule has 2 aromatic rings. The molecule has 166 valence electrons. The van der Waals surface area contributed by atoms with Gasteiger partial charge in [-0.1, -0.05) is 0 Å². The number of nitro benzene ring substituents is 1. The van der Waals surface area contributed by atoms with Crippen LogP contribution in [0.1, 0.15) is 15.9 Å². The van der Waals surface area contributed by atoms with Gasteiger partial charge < -0.3 is 19.9 Å². The van der Waals surface area contributed by atoms with E-state index in [-0.39, 0.29) is 39.0 Å². The predicted octanol–water partition coefficient (Wildman–Crippen LogP) is 0.903. The molecule has 0 spiro atoms. The minimum absolute atomic E-state index is 0.00494. The smallest absolute Gasteiger partial charge is 0.269 e. The number of aryl methyl sites for hydroxylation is 1. The molecule has 0 atom stereocenters. The van der Waals surface area contributed by atoms with E-state index in [2.05, 4.69) is 0 Å². The van der Waals surface area contributed by atoms with E-state index < -0.39 is 33.4 Å². The number of amides is 2. The van der Waals surface area contributed by atoms with Gasteiger partial charge in [0.2, 0.25) is 5.75 Å². The van der Waals surface area contributed by atoms with Gasteiger partial charge in [-0.05, 0) is 30.7 Å². The van der Waals surface area contributed by atoms with Crippen molar-refractivity contribution in [2.75, 3.05) is 20.8 Å². The molecule has 0 aromatic heterocycles. The van der Waals surface area contributed by atoms with Crippen molar-refractivity contribution in [3.05, 3.63) is 51.6 Å². The number of carbonyl (C=O) groups is 2. The van der Waals surface area contributed by atoms with Crippen LogP contribution in [-0.4, -0.2) is 46.0 Å². The standard InChI is InChI=1S/C18H19N3O9S/c1-10-6-12(21(24)25)4-5-15(10)31(26,27)20-18(23)11-7-13(28-2)17(14(8-11)29-3)30-9-16(19)22/h4-8H,9H2,1-3H3,(H2,19,22)(H,20,23). The molecule has 2 aromatic carbocycles. The Morgan fingerprint density at radius 2 is 1.71 bits per heavy atom. The van der Waals surface area contributed by atoms with Crippen LogP contribution >= 0.6 is 0 Å². The van der Waals surface area contributed by atoms with Gasteiger partial charge >= 0.3 is 0 Å². The van der Waals surface area contributed by atoms with Gasteiger partial charge in [0, 0.05) is 17.7 Å². The van der Waals surface area contributed by atoms with Gasteiger partial charge in [0.05, 0.1) is 24.0 Å². The van der Waals surface area contributed by atoms with Crippen LogP contribution in [0.15, 0.2) is 35.2 Å². The van der Waals surface area contributed by atoms with E-state index in [4.69, 9.17) is 19.9 Å². The lowest BCUT2D eigenvalue weighted by atomic mass is 10.1. The van der Waals surface area contributed by atoms with E-state index in [0.717, 1.165) is 18.2 Å². The number of nitrogens with two attached hydrogens (primary N) is 1. The van der Waals surface area contributed by atoms with Crippen LogP contribution in [0.3, 0.4) is 0 Å². The van der Waals surface area contributed by atoms with Crippen LogP contribution in [0.25, 0.3) is 0 Å². The van der Waals surface area contributed by atoms with Crippen molar-refractivity contribution in [3.63, 3.8) is 0 Å². The number of carbonyl (C=O) groups excluding carboxylic acids is 2. The number of primary amides is 1. The maximum atomic E-state index is 12.6. The molecule has 2 amide bonds. The molecule has 0 aliphatic heterocycles. The number of nitrogens with zero attached hydrogens (tertiary/aromatic N) is 1. The Hall–Kier alpha value is -3.87. The number of sulfonamides is 1. The van der Waals surface area contributed by atoms with Gasteiger partial charge in [0.1, 0.15) is 0 Å². The minimum atomic E-state index is -4.35. The summed E-state index contributed by atoms with van der Waals surface area (Å²) in [6.07, 6.45) is 0. The molecule has 0 aliphatic rings. The number of methoxy groups -OCH3 is 2. The van der Waals surface area contributed by atoms with Crippen molar-refractivity contribution < 1.29 is 37.1 Å². The first-order valence-corrected chi connectivity index (χ1v) is 9.97. The summed E-state index contributed by atoms with van der Waals surface area (Å²) < 4.78 is 42.6. The Balaban J connectivity index is 2.38. The minimum Gasteiger partial charge on any atom is -0.493 e. The second-order valence-corrected chi connectivity index (χ2v) is 7.76. The summed E-state index contributed by atoms with van der Waals surface area (Å²) >= 11 is 0. The number of ether oxygens (including phenoxy) is 3. The zero-order valence-corrected chi connectivity index (χ0v) is 17.5. The van der Waals surface area contributed by atoms with E-state index >= 15 is 0 Å². The Morgan fingerprint density at radius 1 is 1.13 bits per heavy atom. The Bertz CT molecular complexity index is 1120. The summed E-state index contributed by atoms with van der Waals surface area (Å²) in [6, 6.07) is 5.50. The molecule has 3 N–H and O–H groups in total. The first kappa shape index (κ1) is 23.4. The van der Waals surface area contributed by atoms with E-state index in [0.29, 0.717) is 0 Å². The molecule has 12 nitrogen and oxygen atoms in total. The van der Waals surface area contributed by atoms with E-state index in [1.807, 2.05) is 4.72 Å². The van der Waals surface area contributed by atoms with Crippen molar-refractivity contribution in [2.24, 2.45) is 5.73 Å². The van der Waals surface area contributed by atoms with Crippen molar-refractivity contribution in [1.29, 1.82) is 0 Å². The lowest BCUT2D eigenvalue weighted by molar-refractivity contribution is -0.385. The molecule has 0 radical (unpaired) electrons. The maximum Gasteiger partial charge on any atom is 0.269 e. The van der Waals surface area contributed by atoms with Crippen LogP contribution in [0.2, 0.25) is 0 Å². The third-order valence-corrected chi connectivity index (χ3v) is 5.46. The third-order valence-electron chi connectivity index (χ3n) is 3.97. The summed E-state index contributed by atoms with van der Waals surface area (Å²) in [5, 5.41) is 10.8. The molecule has 2 rings (SSSR count). The van der Waals surface area contributed by atoms with Gasteiger partial charge in [0.15, 0.2) is 18.1 Å². The Morgan fingerprint density at radius 3 is 2.16 bits per heavy atom. The van der Waals surface area contributed by atoms with Gasteiger partial charge in [-0.25, -0.2) is 13.1 Å². The fourth-order valence-electron chi connectivity index (χ4n) is 2.58. The quantitative estimate of drug-likeness (QED) is 0.412. The maximum absolute atomic E-state index is 12.6. The number of benzene rings is 2. The molecule has 0 saturated carbocycles. The second kappa shape index (κ2) is 9.30. The highest BCUT2D eigenvalue weighted by Crippen LogP contribution is 2.38. The number of hydrogen-bond donors (Lipinski definition) is 2. The Labute approximate surface area is 177 Å². The summed E-state index contributed by atoms with van der Waals surface area (Å²) in [4.78, 5) is 33.5. The molecule has 0 fully saturated rings. The molecule has 0 heterocycles. The summed E-state index contributed by atoms with van der Waals surface area (Å²) in [6.45, 7) is 0.884. The van der Waals surface area contributed by atoms with Crippen LogP contribution < -0.4 is 24.7 Å². The monoisotopic (exact) mass is 453 g/mol. The molecule has 0 aliphatic carbocycles. The SMILES string of the molecule is COc1cc(C(=O)NS(=O)(=O)c2ccc([N+](=O)[O-])cc2C)cc(OC)c1OCC(N)=O. The van der Waals surface area contributed by atoms with Crippen molar-refractivity contribution in [1.82, 2.24) is 4.72 Å². The van der Waals surface area contributed by atoms with E-state index in [1.165, 1.54) is 33.3 Å². The van der Waals surface area contributed by atoms with Crippen LogP contribution in [0.5, 0.6) is 17.2 Å². The Kier molecular flexibility index (Phi) is 7.02. The largest absolute Gasteiger partial charge is 0.493 e. The third kappa shape index (κ3) is 5.39. The van der Waals surface area contributed by atoms with E-state index in [9.17, 15) is 28.1 Å². The van der Waals surface area contributed by atoms with Crippen LogP contribution in [-0.2, 0) is 14.8 Å². The van der Waals surface area contributed by atoms with E-state index in [1.54, 1.807) is 0 Å². The molecule has 31 heavy (non-hydrogen) atoms. The number of nitro groups is 1. The van der Waals surface area contributed by atoms with Gasteiger partial charge in [-0.2, -0.15) is 0 Å². The topological polar surface area (TPSA) is 177 Å². The fourth-order valence-corrected chi connectivity index (χ4v) is 3.78. The predicted molar refractivity (Wildman–Crippen MR) is 107 cm³/mol. The average molecular weight is 453 g/mol. The summed E-state index contributed by atoms with van der Waals surface area (Å²) in [7, 11) is -1.81. The molecule has 0 bridgehead atoms. The number of nitrogens with one attached hydrogen (secondary N) is 1. The van der Waals surface area contributed by atoms with Gasteiger partial charge in [0.25, 0.3) is 27.5 Å². The van der Waals surface area contributed by atoms with Crippen molar-refractivity contribution in [3.8, 4) is 17.2 Å². The molecular formula is C18H19N3O9S. The molecule has 13 heteroatoms. The summed E-state index contributed by atoms with van der Waals surface area (Å²) in [5.74, 6) is -1.79. The first-order chi connectivity index (χ1) is 14.5. The van der Waals surface area contributed by atoms with Crippen LogP contribution in [0, 0.1) is 17.0 Å². The van der Waals surface area contributed by atoms with Crippen molar-refractivity contribution in [2.45, 2.75) is 11.8 Å². The molecule has 0 unspecified atom stereocenters. The van der Waals surface area contributed by atoms with Gasteiger partial charge in [-0.3, -0.25) is 19.7 Å². The number of rotatable bonds is 9. The number of hydrogen-bond acceptors (Lipinski definition) is 9. The first-order valence-electron chi connectivity index (χ1n) is 8.49. The second-order valence-electron chi connectivity index (χ2n) is 6.11. The fraction of sp³-hybridized carbons (Fsp3) is 0.222. The summed E-state index contributed by atoms with van der Waals surface area (Å²) in [5.41, 5.74) is 4.70. The highest BCUT2D eigenvalue weighted by molar-refractivity contribution is 7.90. The lowest BCUT2D eigenvalue weighted by Gasteiger charge is -2.15.